The summed E-state index contributed by atoms with van der Waals surface area (Å²) in [7, 11) is 0. The first-order chi connectivity index (χ1) is 15.3. The lowest BCUT2D eigenvalue weighted by Gasteiger charge is -2.35. The van der Waals surface area contributed by atoms with Crippen molar-refractivity contribution in [1.82, 2.24) is 15.2 Å². The molecule has 0 saturated carbocycles. The number of hydrogen-bond donors (Lipinski definition) is 1. The molecule has 31 heavy (non-hydrogen) atoms. The smallest absolute Gasteiger partial charge is 0.124 e. The monoisotopic (exact) mass is 421 g/mol. The summed E-state index contributed by atoms with van der Waals surface area (Å²) < 4.78 is 25.0. The average molecular weight is 422 g/mol. The van der Waals surface area contributed by atoms with Crippen LogP contribution in [-0.2, 0) is 17.9 Å². The Labute approximate surface area is 182 Å². The molecule has 4 rings (SSSR count). The third-order valence-corrected chi connectivity index (χ3v) is 5.48. The predicted molar refractivity (Wildman–Crippen MR) is 118 cm³/mol. The third-order valence-electron chi connectivity index (χ3n) is 5.48. The van der Waals surface area contributed by atoms with E-state index >= 15 is 0 Å². The van der Waals surface area contributed by atoms with Crippen molar-refractivity contribution >= 4 is 0 Å². The number of hydrogen-bond acceptors (Lipinski definition) is 5. The lowest BCUT2D eigenvalue weighted by atomic mass is 10.0. The van der Waals surface area contributed by atoms with E-state index in [0.717, 1.165) is 55.3 Å². The van der Waals surface area contributed by atoms with E-state index in [9.17, 15) is 4.39 Å². The van der Waals surface area contributed by atoms with E-state index in [1.807, 2.05) is 48.7 Å². The van der Waals surface area contributed by atoms with Gasteiger partial charge in [0.05, 0.1) is 13.2 Å². The van der Waals surface area contributed by atoms with Gasteiger partial charge in [0, 0.05) is 55.7 Å². The largest absolute Gasteiger partial charge is 0.489 e. The summed E-state index contributed by atoms with van der Waals surface area (Å²) in [5.41, 5.74) is 3.25. The van der Waals surface area contributed by atoms with E-state index in [4.69, 9.17) is 9.47 Å². The lowest BCUT2D eigenvalue weighted by Crippen LogP contribution is -2.42. The molecule has 1 aliphatic rings. The van der Waals surface area contributed by atoms with Crippen LogP contribution in [0.15, 0.2) is 73.1 Å². The van der Waals surface area contributed by atoms with Crippen molar-refractivity contribution in [3.8, 4) is 5.75 Å². The summed E-state index contributed by atoms with van der Waals surface area (Å²) in [6.45, 7) is 5.11. The van der Waals surface area contributed by atoms with Crippen molar-refractivity contribution in [2.75, 3.05) is 32.8 Å². The zero-order valence-corrected chi connectivity index (χ0v) is 17.5. The fraction of sp³-hybridized carbons (Fsp3) is 0.320. The molecule has 1 saturated heterocycles. The number of ether oxygens (including phenoxy) is 2. The van der Waals surface area contributed by atoms with Crippen molar-refractivity contribution in [3.05, 3.63) is 95.6 Å². The molecule has 0 aliphatic carbocycles. The van der Waals surface area contributed by atoms with Gasteiger partial charge < -0.3 is 14.8 Å². The van der Waals surface area contributed by atoms with E-state index in [0.29, 0.717) is 13.2 Å². The average Bonchev–Trinajstić information content (AvgIpc) is 2.83. The second-order valence-corrected chi connectivity index (χ2v) is 7.60. The first kappa shape index (κ1) is 21.4. The Morgan fingerprint density at radius 1 is 1.03 bits per heavy atom. The highest BCUT2D eigenvalue weighted by molar-refractivity contribution is 5.33. The van der Waals surface area contributed by atoms with Crippen LogP contribution < -0.4 is 10.1 Å². The van der Waals surface area contributed by atoms with Gasteiger partial charge in [0.2, 0.25) is 0 Å². The highest BCUT2D eigenvalue weighted by Gasteiger charge is 2.22. The molecular weight excluding hydrogens is 393 g/mol. The number of pyridine rings is 1. The first-order valence-corrected chi connectivity index (χ1v) is 10.7. The van der Waals surface area contributed by atoms with E-state index in [1.54, 1.807) is 6.20 Å². The van der Waals surface area contributed by atoms with Crippen molar-refractivity contribution in [2.24, 2.45) is 0 Å². The van der Waals surface area contributed by atoms with Crippen LogP contribution in [0, 0.1) is 5.82 Å². The molecule has 5 nitrogen and oxygen atoms in total. The SMILES string of the molecule is Fc1ccc(C(CNCc2ccccc2OCc2cccnc2)N2CCOCC2)cc1. The summed E-state index contributed by atoms with van der Waals surface area (Å²) in [5.74, 6) is 0.653. The molecule has 3 aromatic rings. The third kappa shape index (κ3) is 6.10. The standard InChI is InChI=1S/C25H28FN3O2/c26-23-9-7-21(8-10-23)24(29-12-14-30-15-13-29)18-28-17-22-5-1-2-6-25(22)31-19-20-4-3-11-27-16-20/h1-11,16,24,28H,12-15,17-19H2. The van der Waals surface area contributed by atoms with Crippen molar-refractivity contribution < 1.29 is 13.9 Å². The lowest BCUT2D eigenvalue weighted by molar-refractivity contribution is 0.0161. The number of rotatable bonds is 9. The molecule has 2 aromatic carbocycles. The molecule has 6 heteroatoms. The van der Waals surface area contributed by atoms with E-state index in [2.05, 4.69) is 21.3 Å². The number of halogens is 1. The topological polar surface area (TPSA) is 46.6 Å². The minimum absolute atomic E-state index is 0.160. The molecule has 1 unspecified atom stereocenters. The van der Waals surface area contributed by atoms with Gasteiger partial charge in [-0.15, -0.1) is 0 Å². The molecule has 2 heterocycles. The van der Waals surface area contributed by atoms with Crippen LogP contribution in [0.4, 0.5) is 4.39 Å². The number of nitrogens with zero attached hydrogens (tertiary/aromatic N) is 2. The molecule has 1 atom stereocenters. The van der Waals surface area contributed by atoms with Crippen LogP contribution in [-0.4, -0.2) is 42.7 Å². The number of nitrogens with one attached hydrogen (secondary N) is 1. The van der Waals surface area contributed by atoms with Gasteiger partial charge in [-0.3, -0.25) is 9.88 Å². The molecule has 1 aromatic heterocycles. The highest BCUT2D eigenvalue weighted by atomic mass is 19.1. The van der Waals surface area contributed by atoms with Crippen LogP contribution in [0.3, 0.4) is 0 Å². The van der Waals surface area contributed by atoms with Crippen molar-refractivity contribution in [3.63, 3.8) is 0 Å². The molecular formula is C25H28FN3O2. The van der Waals surface area contributed by atoms with Gasteiger partial charge in [-0.2, -0.15) is 0 Å². The normalized spacial score (nSPS) is 15.5. The zero-order valence-electron chi connectivity index (χ0n) is 17.5. The number of benzene rings is 2. The summed E-state index contributed by atoms with van der Waals surface area (Å²) in [5, 5.41) is 3.58. The van der Waals surface area contributed by atoms with Gasteiger partial charge in [0.1, 0.15) is 18.2 Å². The Morgan fingerprint density at radius 2 is 1.84 bits per heavy atom. The fourth-order valence-corrected chi connectivity index (χ4v) is 3.81. The van der Waals surface area contributed by atoms with Crippen molar-refractivity contribution in [1.29, 1.82) is 0 Å². The number of morpholine rings is 1. The number of para-hydroxylation sites is 1. The van der Waals surface area contributed by atoms with Crippen molar-refractivity contribution in [2.45, 2.75) is 19.2 Å². The molecule has 1 N–H and O–H groups in total. The highest BCUT2D eigenvalue weighted by Crippen LogP contribution is 2.23. The molecule has 0 radical (unpaired) electrons. The Hall–Kier alpha value is -2.80. The van der Waals surface area contributed by atoms with Gasteiger partial charge in [-0.05, 0) is 29.8 Å². The molecule has 0 bridgehead atoms. The Balaban J connectivity index is 1.39. The van der Waals surface area contributed by atoms with E-state index in [-0.39, 0.29) is 11.9 Å². The van der Waals surface area contributed by atoms with Gasteiger partial charge in [-0.25, -0.2) is 4.39 Å². The maximum absolute atomic E-state index is 13.4. The van der Waals surface area contributed by atoms with Crippen LogP contribution >= 0.6 is 0 Å². The van der Waals surface area contributed by atoms with Crippen LogP contribution in [0.5, 0.6) is 5.75 Å². The van der Waals surface area contributed by atoms with Gasteiger partial charge in [0.15, 0.2) is 0 Å². The Kier molecular flexibility index (Phi) is 7.60. The summed E-state index contributed by atoms with van der Waals surface area (Å²) in [6, 6.07) is 19.0. The Morgan fingerprint density at radius 3 is 2.61 bits per heavy atom. The molecule has 162 valence electrons. The first-order valence-electron chi connectivity index (χ1n) is 10.7. The minimum Gasteiger partial charge on any atom is -0.489 e. The quantitative estimate of drug-likeness (QED) is 0.567. The van der Waals surface area contributed by atoms with E-state index in [1.165, 1.54) is 12.1 Å². The fourth-order valence-electron chi connectivity index (χ4n) is 3.81. The van der Waals surface area contributed by atoms with Gasteiger partial charge in [0.25, 0.3) is 0 Å². The van der Waals surface area contributed by atoms with Crippen LogP contribution in [0.1, 0.15) is 22.7 Å². The minimum atomic E-state index is -0.211. The van der Waals surface area contributed by atoms with E-state index < -0.39 is 0 Å². The van der Waals surface area contributed by atoms with Crippen LogP contribution in [0.2, 0.25) is 0 Å². The Bertz CT molecular complexity index is 931. The number of aromatic nitrogens is 1. The van der Waals surface area contributed by atoms with Gasteiger partial charge >= 0.3 is 0 Å². The summed E-state index contributed by atoms with van der Waals surface area (Å²) in [4.78, 5) is 6.53. The molecule has 1 aliphatic heterocycles. The summed E-state index contributed by atoms with van der Waals surface area (Å²) in [6.07, 6.45) is 3.57. The molecule has 1 fully saturated rings. The van der Waals surface area contributed by atoms with Gasteiger partial charge in [-0.1, -0.05) is 36.4 Å². The second-order valence-electron chi connectivity index (χ2n) is 7.60. The maximum Gasteiger partial charge on any atom is 0.124 e. The predicted octanol–water partition coefficient (Wildman–Crippen LogP) is 3.96. The van der Waals surface area contributed by atoms with Crippen LogP contribution in [0.25, 0.3) is 0 Å². The molecule has 0 amide bonds. The summed E-state index contributed by atoms with van der Waals surface area (Å²) >= 11 is 0. The zero-order chi connectivity index (χ0) is 21.3. The molecule has 0 spiro atoms. The second kappa shape index (κ2) is 11.0. The maximum atomic E-state index is 13.4.